The molecule has 1 aromatic carbocycles. The number of hydrogen-bond donors (Lipinski definition) is 1. The Morgan fingerprint density at radius 2 is 2.05 bits per heavy atom. The van der Waals surface area contributed by atoms with Crippen LogP contribution in [0.4, 0.5) is 0 Å². The van der Waals surface area contributed by atoms with Gasteiger partial charge in [-0.25, -0.2) is 0 Å². The molecule has 1 fully saturated rings. The highest BCUT2D eigenvalue weighted by Crippen LogP contribution is 2.41. The Morgan fingerprint density at radius 1 is 1.20 bits per heavy atom. The minimum Gasteiger partial charge on any atom is -0.497 e. The first-order chi connectivity index (χ1) is 9.71. The summed E-state index contributed by atoms with van der Waals surface area (Å²) in [4.78, 5) is 1.47. The summed E-state index contributed by atoms with van der Waals surface area (Å²) in [5.41, 5.74) is 0. The summed E-state index contributed by atoms with van der Waals surface area (Å²) in [6.07, 6.45) is 2.43. The van der Waals surface area contributed by atoms with Gasteiger partial charge in [0.15, 0.2) is 0 Å². The highest BCUT2D eigenvalue weighted by atomic mass is 32.1. The van der Waals surface area contributed by atoms with E-state index in [1.807, 2.05) is 17.4 Å². The van der Waals surface area contributed by atoms with Crippen LogP contribution in [0.3, 0.4) is 0 Å². The fourth-order valence-electron chi connectivity index (χ4n) is 2.98. The quantitative estimate of drug-likeness (QED) is 0.933. The summed E-state index contributed by atoms with van der Waals surface area (Å²) in [5.74, 6) is 2.43. The van der Waals surface area contributed by atoms with Crippen molar-refractivity contribution < 1.29 is 9.47 Å². The van der Waals surface area contributed by atoms with Gasteiger partial charge in [-0.1, -0.05) is 0 Å². The van der Waals surface area contributed by atoms with Crippen molar-refractivity contribution in [2.75, 3.05) is 20.8 Å². The molecular weight excluding hydrogens is 270 g/mol. The van der Waals surface area contributed by atoms with Crippen LogP contribution in [0, 0.1) is 0 Å². The predicted octanol–water partition coefficient (Wildman–Crippen LogP) is 3.77. The fourth-order valence-corrected chi connectivity index (χ4v) is 4.24. The number of nitrogens with one attached hydrogen (secondary N) is 1. The maximum atomic E-state index is 5.51. The Labute approximate surface area is 123 Å². The maximum Gasteiger partial charge on any atom is 0.131 e. The van der Waals surface area contributed by atoms with E-state index in [-0.39, 0.29) is 0 Å². The van der Waals surface area contributed by atoms with Crippen molar-refractivity contribution in [3.63, 3.8) is 0 Å². The summed E-state index contributed by atoms with van der Waals surface area (Å²) in [6.45, 7) is 3.38. The number of benzene rings is 1. The molecule has 0 amide bonds. The monoisotopic (exact) mass is 291 g/mol. The van der Waals surface area contributed by atoms with Crippen molar-refractivity contribution in [3.05, 3.63) is 23.1 Å². The average molecular weight is 291 g/mol. The second-order valence-electron chi connectivity index (χ2n) is 5.47. The van der Waals surface area contributed by atoms with Gasteiger partial charge >= 0.3 is 0 Å². The minimum absolute atomic E-state index is 0.607. The van der Waals surface area contributed by atoms with Crippen molar-refractivity contribution in [1.82, 2.24) is 5.32 Å². The molecule has 0 radical (unpaired) electrons. The van der Waals surface area contributed by atoms with Gasteiger partial charge in [-0.2, -0.15) is 0 Å². The maximum absolute atomic E-state index is 5.51. The number of ether oxygens (including phenoxy) is 2. The molecule has 108 valence electrons. The molecule has 3 rings (SSSR count). The van der Waals surface area contributed by atoms with Gasteiger partial charge in [-0.3, -0.25) is 0 Å². The first kappa shape index (κ1) is 13.7. The van der Waals surface area contributed by atoms with E-state index < -0.39 is 0 Å². The van der Waals surface area contributed by atoms with Gasteiger partial charge in [-0.15, -0.1) is 11.3 Å². The summed E-state index contributed by atoms with van der Waals surface area (Å²) in [5, 5.41) is 4.72. The normalized spacial score (nSPS) is 22.9. The fraction of sp³-hybridized carbons (Fsp3) is 0.500. The van der Waals surface area contributed by atoms with Crippen LogP contribution in [0.25, 0.3) is 10.1 Å². The van der Waals surface area contributed by atoms with Gasteiger partial charge in [-0.05, 0) is 44.4 Å². The van der Waals surface area contributed by atoms with Gasteiger partial charge in [0.25, 0.3) is 0 Å². The molecule has 1 aliphatic heterocycles. The van der Waals surface area contributed by atoms with E-state index in [1.54, 1.807) is 14.2 Å². The van der Waals surface area contributed by atoms with E-state index in [1.165, 1.54) is 27.8 Å². The second-order valence-corrected chi connectivity index (χ2v) is 6.58. The van der Waals surface area contributed by atoms with Crippen LogP contribution in [0.15, 0.2) is 18.2 Å². The zero-order valence-corrected chi connectivity index (χ0v) is 13.0. The molecule has 1 aliphatic rings. The lowest BCUT2D eigenvalue weighted by Gasteiger charge is -2.27. The molecule has 2 aromatic rings. The largest absolute Gasteiger partial charge is 0.497 e. The zero-order valence-electron chi connectivity index (χ0n) is 12.2. The van der Waals surface area contributed by atoms with Crippen LogP contribution in [0.1, 0.15) is 30.6 Å². The molecule has 2 heterocycles. The first-order valence-electron chi connectivity index (χ1n) is 7.10. The van der Waals surface area contributed by atoms with Crippen LogP contribution >= 0.6 is 11.3 Å². The van der Waals surface area contributed by atoms with Crippen molar-refractivity contribution in [3.8, 4) is 11.5 Å². The van der Waals surface area contributed by atoms with Crippen LogP contribution < -0.4 is 14.8 Å². The van der Waals surface area contributed by atoms with E-state index in [2.05, 4.69) is 24.4 Å². The Kier molecular flexibility index (Phi) is 3.85. The van der Waals surface area contributed by atoms with Crippen molar-refractivity contribution in [2.45, 2.75) is 31.7 Å². The summed E-state index contributed by atoms with van der Waals surface area (Å²) in [6, 6.07) is 6.98. The molecule has 0 spiro atoms. The molecule has 0 bridgehead atoms. The molecule has 20 heavy (non-hydrogen) atoms. The number of hydrogen-bond acceptors (Lipinski definition) is 4. The number of fused-ring (bicyclic) bond motifs is 1. The zero-order chi connectivity index (χ0) is 14.1. The Bertz CT molecular complexity index is 608. The lowest BCUT2D eigenvalue weighted by molar-refractivity contribution is 0.384. The van der Waals surface area contributed by atoms with E-state index in [0.717, 1.165) is 18.0 Å². The molecule has 0 unspecified atom stereocenters. The Morgan fingerprint density at radius 3 is 2.75 bits per heavy atom. The molecule has 1 aromatic heterocycles. The van der Waals surface area contributed by atoms with E-state index >= 15 is 0 Å². The van der Waals surface area contributed by atoms with Crippen molar-refractivity contribution >= 4 is 21.4 Å². The topological polar surface area (TPSA) is 30.5 Å². The summed E-state index contributed by atoms with van der Waals surface area (Å²) in [7, 11) is 3.42. The van der Waals surface area contributed by atoms with Crippen LogP contribution in [-0.4, -0.2) is 26.8 Å². The number of methoxy groups -OCH3 is 2. The second kappa shape index (κ2) is 5.62. The molecule has 1 saturated heterocycles. The predicted molar refractivity (Wildman–Crippen MR) is 84.4 cm³/mol. The third-order valence-corrected chi connectivity index (χ3v) is 5.32. The lowest BCUT2D eigenvalue weighted by atomic mass is 9.92. The van der Waals surface area contributed by atoms with Crippen LogP contribution in [0.5, 0.6) is 11.5 Å². The minimum atomic E-state index is 0.607. The van der Waals surface area contributed by atoms with E-state index in [4.69, 9.17) is 9.47 Å². The smallest absolute Gasteiger partial charge is 0.131 e. The highest BCUT2D eigenvalue weighted by molar-refractivity contribution is 7.19. The van der Waals surface area contributed by atoms with Gasteiger partial charge in [0, 0.05) is 27.1 Å². The van der Waals surface area contributed by atoms with Gasteiger partial charge < -0.3 is 14.8 Å². The molecule has 0 aliphatic carbocycles. The first-order valence-corrected chi connectivity index (χ1v) is 7.91. The van der Waals surface area contributed by atoms with Crippen LogP contribution in [0.2, 0.25) is 0 Å². The SMILES string of the molecule is COc1cc(OC)c2cc([C@H]3CCN[C@@H](C)C3)sc2c1. The van der Waals surface area contributed by atoms with Gasteiger partial charge in [0.1, 0.15) is 11.5 Å². The molecule has 0 saturated carbocycles. The van der Waals surface area contributed by atoms with Crippen molar-refractivity contribution in [1.29, 1.82) is 0 Å². The standard InChI is InChI=1S/C16H21NO2S/c1-10-6-11(4-5-17-10)15-9-13-14(19-3)7-12(18-2)8-16(13)20-15/h7-11,17H,4-6H2,1-3H3/t10-,11-/m0/s1. The summed E-state index contributed by atoms with van der Waals surface area (Å²) >= 11 is 1.88. The number of rotatable bonds is 3. The molecule has 4 heteroatoms. The summed E-state index contributed by atoms with van der Waals surface area (Å²) < 4.78 is 12.1. The average Bonchev–Trinajstić information content (AvgIpc) is 2.90. The van der Waals surface area contributed by atoms with Crippen molar-refractivity contribution in [2.24, 2.45) is 0 Å². The van der Waals surface area contributed by atoms with E-state index in [9.17, 15) is 0 Å². The molecular formula is C16H21NO2S. The number of thiophene rings is 1. The van der Waals surface area contributed by atoms with E-state index in [0.29, 0.717) is 12.0 Å². The van der Waals surface area contributed by atoms with Crippen LogP contribution in [-0.2, 0) is 0 Å². The Balaban J connectivity index is 2.01. The third-order valence-electron chi connectivity index (χ3n) is 4.07. The number of piperidine rings is 1. The Hall–Kier alpha value is -1.26. The van der Waals surface area contributed by atoms with Gasteiger partial charge in [0.05, 0.1) is 14.2 Å². The molecule has 3 nitrogen and oxygen atoms in total. The third kappa shape index (κ3) is 2.50. The molecule has 1 N–H and O–H groups in total. The lowest BCUT2D eigenvalue weighted by Crippen LogP contribution is -2.34. The molecule has 2 atom stereocenters. The highest BCUT2D eigenvalue weighted by Gasteiger charge is 2.22. The van der Waals surface area contributed by atoms with Gasteiger partial charge in [0.2, 0.25) is 0 Å².